The largest absolute Gasteiger partial charge is 0.396 e. The van der Waals surface area contributed by atoms with Crippen LogP contribution in [-0.2, 0) is 4.74 Å². The molecule has 2 unspecified atom stereocenters. The maximum atomic E-state index is 8.61. The van der Waals surface area contributed by atoms with E-state index in [0.717, 1.165) is 26.0 Å². The smallest absolute Gasteiger partial charge is 0.0503 e. The number of methoxy groups -OCH3 is 1. The molecule has 14 heavy (non-hydrogen) atoms. The van der Waals surface area contributed by atoms with Crippen LogP contribution in [0.15, 0.2) is 0 Å². The number of rotatable bonds is 9. The molecule has 0 aromatic heterocycles. The van der Waals surface area contributed by atoms with Gasteiger partial charge in [0, 0.05) is 26.3 Å². The number of hydrogen-bond acceptors (Lipinski definition) is 4. The fourth-order valence-electron chi connectivity index (χ4n) is 1.42. The van der Waals surface area contributed by atoms with Gasteiger partial charge in [-0.2, -0.15) is 0 Å². The van der Waals surface area contributed by atoms with Crippen molar-refractivity contribution >= 4 is 0 Å². The molecule has 0 aromatic carbocycles. The number of nitrogens with one attached hydrogen (secondary N) is 1. The highest BCUT2D eigenvalue weighted by molar-refractivity contribution is 4.73. The summed E-state index contributed by atoms with van der Waals surface area (Å²) in [7, 11) is 1.70. The van der Waals surface area contributed by atoms with Crippen molar-refractivity contribution in [2.45, 2.75) is 25.8 Å². The molecule has 4 N–H and O–H groups in total. The highest BCUT2D eigenvalue weighted by Crippen LogP contribution is 2.02. The van der Waals surface area contributed by atoms with Gasteiger partial charge in [0.05, 0.1) is 6.61 Å². The van der Waals surface area contributed by atoms with Crippen molar-refractivity contribution < 1.29 is 9.84 Å². The zero-order chi connectivity index (χ0) is 10.8. The minimum absolute atomic E-state index is 0.266. The highest BCUT2D eigenvalue weighted by Gasteiger charge is 2.14. The summed E-state index contributed by atoms with van der Waals surface area (Å²) in [6.45, 7) is 4.66. The van der Waals surface area contributed by atoms with Crippen molar-refractivity contribution in [1.29, 1.82) is 0 Å². The molecule has 0 aliphatic rings. The van der Waals surface area contributed by atoms with E-state index in [0.29, 0.717) is 18.5 Å². The van der Waals surface area contributed by atoms with Gasteiger partial charge in [-0.3, -0.25) is 0 Å². The van der Waals surface area contributed by atoms with Gasteiger partial charge in [-0.1, -0.05) is 6.92 Å². The van der Waals surface area contributed by atoms with Crippen molar-refractivity contribution in [2.24, 2.45) is 11.7 Å². The second-order valence-corrected chi connectivity index (χ2v) is 3.66. The lowest BCUT2D eigenvalue weighted by Crippen LogP contribution is -2.43. The standard InChI is InChI=1S/C10H24N2O2/c1-9(8-14-2)10(7-11)12-5-3-4-6-13/h9-10,12-13H,3-8,11H2,1-2H3. The second kappa shape index (κ2) is 9.40. The number of unbranched alkanes of at least 4 members (excludes halogenated alkanes) is 1. The number of hydrogen-bond donors (Lipinski definition) is 3. The van der Waals surface area contributed by atoms with E-state index in [-0.39, 0.29) is 6.61 Å². The van der Waals surface area contributed by atoms with Gasteiger partial charge in [0.2, 0.25) is 0 Å². The third kappa shape index (κ3) is 6.32. The minimum Gasteiger partial charge on any atom is -0.396 e. The number of aliphatic hydroxyl groups is 1. The molecule has 0 aliphatic heterocycles. The van der Waals surface area contributed by atoms with E-state index in [9.17, 15) is 0 Å². The van der Waals surface area contributed by atoms with Gasteiger partial charge in [0.25, 0.3) is 0 Å². The van der Waals surface area contributed by atoms with Crippen molar-refractivity contribution in [3.63, 3.8) is 0 Å². The second-order valence-electron chi connectivity index (χ2n) is 3.66. The summed E-state index contributed by atoms with van der Waals surface area (Å²) < 4.78 is 5.08. The van der Waals surface area contributed by atoms with Crippen LogP contribution in [0, 0.1) is 5.92 Å². The predicted molar refractivity (Wildman–Crippen MR) is 58.2 cm³/mol. The molecule has 0 fully saturated rings. The van der Waals surface area contributed by atoms with Crippen LogP contribution in [0.5, 0.6) is 0 Å². The van der Waals surface area contributed by atoms with Gasteiger partial charge in [0.1, 0.15) is 0 Å². The molecule has 0 amide bonds. The maximum Gasteiger partial charge on any atom is 0.0503 e. The molecular weight excluding hydrogens is 180 g/mol. The van der Waals surface area contributed by atoms with Crippen molar-refractivity contribution in [3.05, 3.63) is 0 Å². The summed E-state index contributed by atoms with van der Waals surface area (Å²) in [6.07, 6.45) is 1.84. The highest BCUT2D eigenvalue weighted by atomic mass is 16.5. The van der Waals surface area contributed by atoms with E-state index in [1.165, 1.54) is 0 Å². The Kier molecular flexibility index (Phi) is 9.29. The lowest BCUT2D eigenvalue weighted by molar-refractivity contribution is 0.140. The Morgan fingerprint density at radius 3 is 2.64 bits per heavy atom. The quantitative estimate of drug-likeness (QED) is 0.461. The monoisotopic (exact) mass is 204 g/mol. The van der Waals surface area contributed by atoms with Gasteiger partial charge in [-0.25, -0.2) is 0 Å². The van der Waals surface area contributed by atoms with Crippen LogP contribution in [0.4, 0.5) is 0 Å². The first kappa shape index (κ1) is 13.8. The Bertz CT molecular complexity index is 123. The molecule has 0 aromatic rings. The molecule has 0 heterocycles. The minimum atomic E-state index is 0.266. The van der Waals surface area contributed by atoms with Crippen LogP contribution in [0.2, 0.25) is 0 Å². The summed E-state index contributed by atoms with van der Waals surface area (Å²) in [5.41, 5.74) is 5.65. The van der Waals surface area contributed by atoms with Crippen LogP contribution in [0.25, 0.3) is 0 Å². The maximum absolute atomic E-state index is 8.61. The molecule has 4 heteroatoms. The van der Waals surface area contributed by atoms with Gasteiger partial charge in [0.15, 0.2) is 0 Å². The van der Waals surface area contributed by atoms with Gasteiger partial charge in [-0.05, 0) is 25.3 Å². The molecule has 4 nitrogen and oxygen atoms in total. The van der Waals surface area contributed by atoms with Crippen LogP contribution in [0.3, 0.4) is 0 Å². The molecule has 0 aliphatic carbocycles. The fraction of sp³-hybridized carbons (Fsp3) is 1.00. The Hall–Kier alpha value is -0.160. The molecule has 0 radical (unpaired) electrons. The lowest BCUT2D eigenvalue weighted by Gasteiger charge is -2.23. The van der Waals surface area contributed by atoms with Gasteiger partial charge in [-0.15, -0.1) is 0 Å². The van der Waals surface area contributed by atoms with Crippen LogP contribution < -0.4 is 11.1 Å². The van der Waals surface area contributed by atoms with E-state index >= 15 is 0 Å². The molecular formula is C10H24N2O2. The van der Waals surface area contributed by atoms with Crippen LogP contribution in [-0.4, -0.2) is 44.6 Å². The summed E-state index contributed by atoms with van der Waals surface area (Å²) in [4.78, 5) is 0. The van der Waals surface area contributed by atoms with E-state index in [4.69, 9.17) is 15.6 Å². The average molecular weight is 204 g/mol. The van der Waals surface area contributed by atoms with Crippen molar-refractivity contribution in [2.75, 3.05) is 33.4 Å². The van der Waals surface area contributed by atoms with Crippen LogP contribution >= 0.6 is 0 Å². The molecule has 0 saturated carbocycles. The third-order valence-electron chi connectivity index (χ3n) is 2.36. The Labute approximate surface area is 86.8 Å². The Morgan fingerprint density at radius 1 is 1.43 bits per heavy atom. The SMILES string of the molecule is COCC(C)C(CN)NCCCCO. The van der Waals surface area contributed by atoms with E-state index < -0.39 is 0 Å². The summed E-state index contributed by atoms with van der Waals surface area (Å²) >= 11 is 0. The zero-order valence-corrected chi connectivity index (χ0v) is 9.33. The van der Waals surface area contributed by atoms with Crippen LogP contribution in [0.1, 0.15) is 19.8 Å². The number of nitrogens with two attached hydrogens (primary N) is 1. The first-order valence-corrected chi connectivity index (χ1v) is 5.29. The number of ether oxygens (including phenoxy) is 1. The van der Waals surface area contributed by atoms with E-state index in [1.54, 1.807) is 7.11 Å². The summed E-state index contributed by atoms with van der Waals surface area (Å²) in [5, 5.41) is 12.0. The van der Waals surface area contributed by atoms with Crippen molar-refractivity contribution in [3.8, 4) is 0 Å². The van der Waals surface area contributed by atoms with Crippen molar-refractivity contribution in [1.82, 2.24) is 5.32 Å². The van der Waals surface area contributed by atoms with Gasteiger partial charge < -0.3 is 20.9 Å². The van der Waals surface area contributed by atoms with E-state index in [2.05, 4.69) is 12.2 Å². The molecule has 0 bridgehead atoms. The average Bonchev–Trinajstić information content (AvgIpc) is 2.18. The summed E-state index contributed by atoms with van der Waals surface area (Å²) in [5.74, 6) is 0.430. The molecule has 86 valence electrons. The first-order valence-electron chi connectivity index (χ1n) is 5.29. The van der Waals surface area contributed by atoms with E-state index in [1.807, 2.05) is 0 Å². The molecule has 0 spiro atoms. The summed E-state index contributed by atoms with van der Waals surface area (Å²) in [6, 6.07) is 0.314. The first-order chi connectivity index (χ1) is 6.76. The molecule has 0 rings (SSSR count). The Balaban J connectivity index is 3.56. The zero-order valence-electron chi connectivity index (χ0n) is 9.33. The number of aliphatic hydroxyl groups excluding tert-OH is 1. The molecule has 0 saturated heterocycles. The predicted octanol–water partition coefficient (Wildman–Crippen LogP) is -0.0417. The fourth-order valence-corrected chi connectivity index (χ4v) is 1.42. The lowest BCUT2D eigenvalue weighted by atomic mass is 10.0. The van der Waals surface area contributed by atoms with Gasteiger partial charge >= 0.3 is 0 Å². The third-order valence-corrected chi connectivity index (χ3v) is 2.36. The molecule has 2 atom stereocenters. The normalized spacial score (nSPS) is 15.4. The Morgan fingerprint density at radius 2 is 2.14 bits per heavy atom. The topological polar surface area (TPSA) is 67.5 Å².